The van der Waals surface area contributed by atoms with Gasteiger partial charge in [-0.15, -0.1) is 30.7 Å². The van der Waals surface area contributed by atoms with Crippen molar-refractivity contribution in [1.82, 2.24) is 0 Å². The van der Waals surface area contributed by atoms with Crippen LogP contribution in [0, 0.1) is 13.8 Å². The molecule has 0 fully saturated rings. The van der Waals surface area contributed by atoms with E-state index >= 15 is 0 Å². The van der Waals surface area contributed by atoms with Crippen LogP contribution in [0.1, 0.15) is 24.0 Å². The third kappa shape index (κ3) is 15.0. The molecule has 28 nitrogen and oxygen atoms in total. The zero-order valence-electron chi connectivity index (χ0n) is 45.9. The molecule has 0 aliphatic carbocycles. The van der Waals surface area contributed by atoms with Crippen LogP contribution in [0.3, 0.4) is 0 Å². The fraction of sp³-hybridized carbons (Fsp3) is 0.185. The summed E-state index contributed by atoms with van der Waals surface area (Å²) < 4.78 is 164. The van der Waals surface area contributed by atoms with E-state index in [2.05, 4.69) is 46.2 Å². The van der Waals surface area contributed by atoms with Gasteiger partial charge in [-0.2, -0.15) is 43.9 Å². The van der Waals surface area contributed by atoms with Gasteiger partial charge in [0.2, 0.25) is 0 Å². The van der Waals surface area contributed by atoms with Crippen LogP contribution in [0.4, 0.5) is 56.9 Å². The summed E-state index contributed by atoms with van der Waals surface area (Å²) in [4.78, 5) is -2.33. The fourth-order valence-electron chi connectivity index (χ4n) is 8.32. The molecule has 0 saturated carbocycles. The highest BCUT2D eigenvalue weighted by atomic mass is 32.2. The second-order valence-corrected chi connectivity index (χ2v) is 24.3. The van der Waals surface area contributed by atoms with Gasteiger partial charge in [0.15, 0.2) is 5.75 Å². The molecule has 0 unspecified atom stereocenters. The zero-order valence-corrected chi connectivity index (χ0v) is 49.2. The third-order valence-corrected chi connectivity index (χ3v) is 16.0. The van der Waals surface area contributed by atoms with E-state index in [0.29, 0.717) is 33.9 Å². The number of unbranched alkanes of at least 4 members (excludes halogenated alkanes) is 1. The van der Waals surface area contributed by atoms with Crippen molar-refractivity contribution in [1.29, 1.82) is 0 Å². The number of phenols is 2. The van der Waals surface area contributed by atoms with Crippen LogP contribution in [0.25, 0.3) is 21.5 Å². The van der Waals surface area contributed by atoms with Gasteiger partial charge in [-0.05, 0) is 127 Å². The number of aryl methyl sites for hydroxylation is 2. The van der Waals surface area contributed by atoms with Gasteiger partial charge < -0.3 is 39.2 Å². The normalized spacial score (nSPS) is 12.5. The molecule has 0 aromatic heterocycles. The van der Waals surface area contributed by atoms with Gasteiger partial charge in [0.25, 0.3) is 40.5 Å². The lowest BCUT2D eigenvalue weighted by atomic mass is 10.1. The number of nitrogens with one attached hydrogen (secondary N) is 1. The number of methoxy groups -OCH3 is 4. The number of benzene rings is 8. The molecule has 8 rings (SSSR count). The molecular weight excluding hydrogens is 1210 g/mol. The molecule has 7 N–H and O–H groups in total. The molecule has 0 radical (unpaired) electrons. The van der Waals surface area contributed by atoms with Gasteiger partial charge in [-0.3, -0.25) is 18.2 Å². The molecule has 8 aromatic rings. The van der Waals surface area contributed by atoms with Crippen molar-refractivity contribution in [2.75, 3.05) is 46.1 Å². The van der Waals surface area contributed by atoms with E-state index in [-0.39, 0.29) is 92.4 Å². The van der Waals surface area contributed by atoms with Crippen LogP contribution in [0.2, 0.25) is 0 Å². The lowest BCUT2D eigenvalue weighted by Crippen LogP contribution is -2.06. The van der Waals surface area contributed by atoms with E-state index in [1.807, 2.05) is 0 Å². The summed E-state index contributed by atoms with van der Waals surface area (Å²) in [6.07, 6.45) is 0.127. The van der Waals surface area contributed by atoms with E-state index in [9.17, 15) is 62.1 Å². The van der Waals surface area contributed by atoms with Gasteiger partial charge in [0.1, 0.15) is 78.4 Å². The standard InChI is InChI=1S/C54H51N9O19S4/c1-29-17-41(58-60-43-27-49(81-6)44(28-48(43)80-5)61-63-53-52(86(75,76)77)22-31-19-34(11-14-37(31)54(53)65)55-33-9-12-35(78-3)13-10-33)47(79-4)25-39(29)56-57-40-26-50(82-15-7-8-16-83(66,67)68)42(18-30(40)2)59-62-45-24-38-32(21-51(45)85(72,73)74)20-36(23-46(38)64)84(69,70)71/h9-14,17-28,55,64-65H,7-8,15-16H2,1-6H3,(H,66,67,68)(H,69,70,71)(H,72,73,74)(H,75,76,77). The summed E-state index contributed by atoms with van der Waals surface area (Å²) >= 11 is 0. The van der Waals surface area contributed by atoms with Crippen molar-refractivity contribution in [3.63, 3.8) is 0 Å². The predicted molar refractivity (Wildman–Crippen MR) is 313 cm³/mol. The molecule has 0 heterocycles. The van der Waals surface area contributed by atoms with Crippen molar-refractivity contribution < 1.29 is 85.8 Å². The topological polar surface area (TPSA) is 415 Å². The van der Waals surface area contributed by atoms with E-state index in [1.165, 1.54) is 51.7 Å². The van der Waals surface area contributed by atoms with E-state index in [0.717, 1.165) is 30.3 Å². The van der Waals surface area contributed by atoms with Gasteiger partial charge in [0, 0.05) is 52.5 Å². The van der Waals surface area contributed by atoms with Crippen LogP contribution in [-0.4, -0.2) is 103 Å². The third-order valence-electron chi connectivity index (χ3n) is 12.6. The van der Waals surface area contributed by atoms with Crippen molar-refractivity contribution in [3.05, 3.63) is 120 Å². The van der Waals surface area contributed by atoms with Gasteiger partial charge in [0.05, 0.1) is 57.1 Å². The quantitative estimate of drug-likeness (QED) is 0.0178. The van der Waals surface area contributed by atoms with Crippen LogP contribution >= 0.6 is 0 Å². The Morgan fingerprint density at radius 2 is 0.919 bits per heavy atom. The number of aromatic hydroxyl groups is 2. The molecule has 0 aliphatic heterocycles. The van der Waals surface area contributed by atoms with Crippen molar-refractivity contribution in [2.45, 2.75) is 41.4 Å². The molecule has 32 heteroatoms. The minimum absolute atomic E-state index is 0.00227. The van der Waals surface area contributed by atoms with Crippen LogP contribution in [-0.2, 0) is 40.5 Å². The number of rotatable bonds is 23. The van der Waals surface area contributed by atoms with Gasteiger partial charge in [-0.1, -0.05) is 0 Å². The van der Waals surface area contributed by atoms with Gasteiger partial charge in [-0.25, -0.2) is 0 Å². The Bertz CT molecular complexity index is 4590. The molecule has 0 spiro atoms. The van der Waals surface area contributed by atoms with E-state index in [1.54, 1.807) is 69.5 Å². The predicted octanol–water partition coefficient (Wildman–Crippen LogP) is 13.2. The molecule has 0 atom stereocenters. The largest absolute Gasteiger partial charge is 0.507 e. The minimum Gasteiger partial charge on any atom is -0.507 e. The Kier molecular flexibility index (Phi) is 18.6. The number of anilines is 2. The summed E-state index contributed by atoms with van der Waals surface area (Å²) in [6, 6.07) is 25.2. The van der Waals surface area contributed by atoms with Gasteiger partial charge >= 0.3 is 0 Å². The molecule has 0 saturated heterocycles. The minimum atomic E-state index is -5.08. The Labute approximate surface area is 491 Å². The molecule has 0 amide bonds. The number of ether oxygens (including phenoxy) is 5. The maximum absolute atomic E-state index is 12.7. The molecule has 0 aliphatic rings. The molecule has 0 bridgehead atoms. The first kappa shape index (κ1) is 62.8. The number of azo groups is 4. The lowest BCUT2D eigenvalue weighted by Gasteiger charge is -2.12. The van der Waals surface area contributed by atoms with Crippen molar-refractivity contribution >= 4 is 119 Å². The summed E-state index contributed by atoms with van der Waals surface area (Å²) in [6.45, 7) is 3.20. The SMILES string of the molecule is COc1ccc(Nc2ccc3c(O)c(N=Nc4cc(OC)c(N=Nc5cc(C)c(N=Nc6cc(OCCCCS(=O)(=O)O)c(N=Nc7cc8c(O)cc(S(=O)(=O)O)cc8cc7S(=O)(=O)O)cc6C)cc5OC)cc4OC)c(S(=O)(=O)O)cc3c2)cc1. The first-order valence-corrected chi connectivity index (χ1v) is 30.8. The Balaban J connectivity index is 1.07. The summed E-state index contributed by atoms with van der Waals surface area (Å²) in [5.74, 6) is -0.866. The maximum atomic E-state index is 12.7. The molecule has 450 valence electrons. The van der Waals surface area contributed by atoms with Crippen LogP contribution < -0.4 is 29.0 Å². The van der Waals surface area contributed by atoms with E-state index in [4.69, 9.17) is 23.7 Å². The second-order valence-electron chi connectivity index (χ2n) is 18.5. The molecular formula is C54H51N9O19S4. The average Bonchev–Trinajstić information content (AvgIpc) is 1.29. The number of fused-ring (bicyclic) bond motifs is 2. The summed E-state index contributed by atoms with van der Waals surface area (Å²) in [5, 5.41) is 59.4. The molecule has 8 aromatic carbocycles. The highest BCUT2D eigenvalue weighted by Gasteiger charge is 2.25. The fourth-order valence-corrected chi connectivity index (χ4v) is 10.7. The van der Waals surface area contributed by atoms with Crippen LogP contribution in [0.15, 0.2) is 165 Å². The number of hydrogen-bond donors (Lipinski definition) is 7. The van der Waals surface area contributed by atoms with Crippen molar-refractivity contribution in [3.8, 4) is 40.2 Å². The lowest BCUT2D eigenvalue weighted by molar-refractivity contribution is 0.310. The Hall–Kier alpha value is -9.28. The Morgan fingerprint density at radius 1 is 0.442 bits per heavy atom. The Morgan fingerprint density at radius 3 is 1.45 bits per heavy atom. The zero-order chi connectivity index (χ0) is 62.5. The number of phenolic OH excluding ortho intramolecular Hbond substituents is 2. The second kappa shape index (κ2) is 25.5. The monoisotopic (exact) mass is 1260 g/mol. The first-order valence-electron chi connectivity index (χ1n) is 24.9. The van der Waals surface area contributed by atoms with Crippen LogP contribution in [0.5, 0.6) is 40.2 Å². The van der Waals surface area contributed by atoms with E-state index < -0.39 is 83.8 Å². The van der Waals surface area contributed by atoms with Crippen molar-refractivity contribution in [2.24, 2.45) is 40.9 Å². The number of hydrogen-bond acceptors (Lipinski definition) is 24. The summed E-state index contributed by atoms with van der Waals surface area (Å²) in [7, 11) is -13.6. The summed E-state index contributed by atoms with van der Waals surface area (Å²) in [5.41, 5.74) is 1.94. The highest BCUT2D eigenvalue weighted by Crippen LogP contribution is 2.47. The smallest absolute Gasteiger partial charge is 0.296 e. The average molecular weight is 1260 g/mol. The maximum Gasteiger partial charge on any atom is 0.296 e. The molecule has 86 heavy (non-hydrogen) atoms. The highest BCUT2D eigenvalue weighted by molar-refractivity contribution is 7.86. The number of nitrogens with zero attached hydrogens (tertiary/aromatic N) is 8. The first-order chi connectivity index (χ1) is 40.6.